The fraction of sp³-hybridized carbons (Fsp3) is 0.400. The maximum Gasteiger partial charge on any atom is 0.120 e. The number of hydrogen-bond acceptors (Lipinski definition) is 3. The lowest BCUT2D eigenvalue weighted by Crippen LogP contribution is -2.36. The highest BCUT2D eigenvalue weighted by atomic mass is 16.5. The van der Waals surface area contributed by atoms with Crippen molar-refractivity contribution in [3.05, 3.63) is 65.7 Å². The van der Waals surface area contributed by atoms with Gasteiger partial charge in [0.25, 0.3) is 0 Å². The summed E-state index contributed by atoms with van der Waals surface area (Å²) in [7, 11) is 0. The van der Waals surface area contributed by atoms with Gasteiger partial charge in [-0.1, -0.05) is 42.5 Å². The van der Waals surface area contributed by atoms with Crippen molar-refractivity contribution in [1.82, 2.24) is 4.90 Å². The van der Waals surface area contributed by atoms with Crippen LogP contribution in [0, 0.1) is 5.92 Å². The Kier molecular flexibility index (Phi) is 5.67. The zero-order valence-corrected chi connectivity index (χ0v) is 13.5. The molecule has 3 heteroatoms. The number of ether oxygens (including phenoxy) is 1. The molecule has 1 heterocycles. The highest BCUT2D eigenvalue weighted by molar-refractivity contribution is 5.29. The SMILES string of the molecule is OCC1CCCN(Cc2cccc(OCc3ccccc3)c2)C1. The summed E-state index contributed by atoms with van der Waals surface area (Å²) in [5, 5.41) is 9.35. The molecular weight excluding hydrogens is 286 g/mol. The number of hydrogen-bond donors (Lipinski definition) is 1. The van der Waals surface area contributed by atoms with E-state index in [1.54, 1.807) is 0 Å². The van der Waals surface area contributed by atoms with Crippen molar-refractivity contribution in [2.24, 2.45) is 5.92 Å². The maximum atomic E-state index is 9.35. The predicted octanol–water partition coefficient (Wildman–Crippen LogP) is 3.47. The Morgan fingerprint density at radius 2 is 1.87 bits per heavy atom. The topological polar surface area (TPSA) is 32.7 Å². The Hall–Kier alpha value is -1.84. The molecule has 1 atom stereocenters. The first kappa shape index (κ1) is 16.0. The molecule has 1 fully saturated rings. The van der Waals surface area contributed by atoms with Crippen molar-refractivity contribution in [3.63, 3.8) is 0 Å². The van der Waals surface area contributed by atoms with Gasteiger partial charge in [0.15, 0.2) is 0 Å². The van der Waals surface area contributed by atoms with Crippen LogP contribution in [0.3, 0.4) is 0 Å². The van der Waals surface area contributed by atoms with Crippen LogP contribution in [0.1, 0.15) is 24.0 Å². The minimum absolute atomic E-state index is 0.302. The Labute approximate surface area is 138 Å². The summed E-state index contributed by atoms with van der Waals surface area (Å²) in [5.41, 5.74) is 2.45. The Morgan fingerprint density at radius 3 is 2.70 bits per heavy atom. The van der Waals surface area contributed by atoms with Crippen LogP contribution in [0.15, 0.2) is 54.6 Å². The molecule has 1 N–H and O–H groups in total. The minimum Gasteiger partial charge on any atom is -0.489 e. The third-order valence-electron chi connectivity index (χ3n) is 4.41. The number of rotatable bonds is 6. The largest absolute Gasteiger partial charge is 0.489 e. The molecule has 0 radical (unpaired) electrons. The van der Waals surface area contributed by atoms with Gasteiger partial charge in [0.1, 0.15) is 12.4 Å². The molecule has 3 nitrogen and oxygen atoms in total. The number of piperidine rings is 1. The van der Waals surface area contributed by atoms with Crippen LogP contribution in [0.5, 0.6) is 5.75 Å². The van der Waals surface area contributed by atoms with Crippen LogP contribution < -0.4 is 4.74 Å². The van der Waals surface area contributed by atoms with Crippen molar-refractivity contribution >= 4 is 0 Å². The van der Waals surface area contributed by atoms with Gasteiger partial charge in [0, 0.05) is 19.7 Å². The van der Waals surface area contributed by atoms with E-state index in [1.165, 1.54) is 17.5 Å². The molecular formula is C20H25NO2. The van der Waals surface area contributed by atoms with E-state index < -0.39 is 0 Å². The fourth-order valence-corrected chi connectivity index (χ4v) is 3.18. The van der Waals surface area contributed by atoms with Gasteiger partial charge in [-0.15, -0.1) is 0 Å². The summed E-state index contributed by atoms with van der Waals surface area (Å²) in [6.07, 6.45) is 2.32. The van der Waals surface area contributed by atoms with Crippen molar-refractivity contribution in [2.45, 2.75) is 26.0 Å². The van der Waals surface area contributed by atoms with Gasteiger partial charge in [0.05, 0.1) is 0 Å². The van der Waals surface area contributed by atoms with E-state index in [0.717, 1.165) is 31.8 Å². The van der Waals surface area contributed by atoms with Crippen LogP contribution in [-0.2, 0) is 13.2 Å². The van der Waals surface area contributed by atoms with Crippen molar-refractivity contribution in [3.8, 4) is 5.75 Å². The lowest BCUT2D eigenvalue weighted by molar-refractivity contribution is 0.116. The van der Waals surface area contributed by atoms with E-state index in [-0.39, 0.29) is 0 Å². The standard InChI is InChI=1S/C20H25NO2/c22-15-19-9-5-11-21(14-19)13-18-8-4-10-20(12-18)23-16-17-6-2-1-3-7-17/h1-4,6-8,10,12,19,22H,5,9,11,13-16H2. The lowest BCUT2D eigenvalue weighted by Gasteiger charge is -2.31. The molecule has 1 unspecified atom stereocenters. The van der Waals surface area contributed by atoms with Crippen LogP contribution >= 0.6 is 0 Å². The molecule has 0 saturated carbocycles. The van der Waals surface area contributed by atoms with E-state index >= 15 is 0 Å². The third kappa shape index (κ3) is 4.81. The summed E-state index contributed by atoms with van der Waals surface area (Å²) < 4.78 is 5.91. The highest BCUT2D eigenvalue weighted by Crippen LogP contribution is 2.20. The van der Waals surface area contributed by atoms with E-state index in [4.69, 9.17) is 4.74 Å². The van der Waals surface area contributed by atoms with Crippen molar-refractivity contribution in [1.29, 1.82) is 0 Å². The van der Waals surface area contributed by atoms with Gasteiger partial charge >= 0.3 is 0 Å². The van der Waals surface area contributed by atoms with E-state index in [2.05, 4.69) is 35.2 Å². The minimum atomic E-state index is 0.302. The monoisotopic (exact) mass is 311 g/mol. The van der Waals surface area contributed by atoms with Gasteiger partial charge in [-0.25, -0.2) is 0 Å². The van der Waals surface area contributed by atoms with Crippen LogP contribution in [0.2, 0.25) is 0 Å². The van der Waals surface area contributed by atoms with Gasteiger partial charge < -0.3 is 9.84 Å². The Balaban J connectivity index is 1.56. The van der Waals surface area contributed by atoms with E-state index in [0.29, 0.717) is 19.1 Å². The first-order valence-corrected chi connectivity index (χ1v) is 8.42. The second kappa shape index (κ2) is 8.14. The summed E-state index contributed by atoms with van der Waals surface area (Å²) in [5.74, 6) is 1.35. The molecule has 0 aliphatic carbocycles. The first-order chi connectivity index (χ1) is 11.3. The van der Waals surface area contributed by atoms with E-state index in [9.17, 15) is 5.11 Å². The fourth-order valence-electron chi connectivity index (χ4n) is 3.18. The molecule has 2 aromatic carbocycles. The summed E-state index contributed by atoms with van der Waals surface area (Å²) in [4.78, 5) is 2.43. The molecule has 0 amide bonds. The second-order valence-corrected chi connectivity index (χ2v) is 6.35. The zero-order chi connectivity index (χ0) is 15.9. The van der Waals surface area contributed by atoms with E-state index in [1.807, 2.05) is 24.3 Å². The van der Waals surface area contributed by atoms with Crippen LogP contribution in [-0.4, -0.2) is 29.7 Å². The molecule has 1 saturated heterocycles. The number of aliphatic hydroxyl groups is 1. The first-order valence-electron chi connectivity index (χ1n) is 8.42. The normalized spacial score (nSPS) is 18.7. The Morgan fingerprint density at radius 1 is 1.04 bits per heavy atom. The molecule has 0 bridgehead atoms. The molecule has 0 aromatic heterocycles. The van der Waals surface area contributed by atoms with Crippen LogP contribution in [0.4, 0.5) is 0 Å². The van der Waals surface area contributed by atoms with Gasteiger partial charge in [-0.3, -0.25) is 4.90 Å². The predicted molar refractivity (Wildman–Crippen MR) is 92.3 cm³/mol. The van der Waals surface area contributed by atoms with Crippen LogP contribution in [0.25, 0.3) is 0 Å². The third-order valence-corrected chi connectivity index (χ3v) is 4.41. The smallest absolute Gasteiger partial charge is 0.120 e. The number of benzene rings is 2. The molecule has 23 heavy (non-hydrogen) atoms. The van der Waals surface area contributed by atoms with Crippen molar-refractivity contribution < 1.29 is 9.84 Å². The molecule has 1 aliphatic rings. The second-order valence-electron chi connectivity index (χ2n) is 6.35. The summed E-state index contributed by atoms with van der Waals surface area (Å²) in [6.45, 7) is 3.94. The molecule has 0 spiro atoms. The number of likely N-dealkylation sites (tertiary alicyclic amines) is 1. The Bertz CT molecular complexity index is 600. The quantitative estimate of drug-likeness (QED) is 0.886. The molecule has 122 valence electrons. The number of aliphatic hydroxyl groups excluding tert-OH is 1. The molecule has 1 aliphatic heterocycles. The summed E-state index contributed by atoms with van der Waals surface area (Å²) in [6, 6.07) is 18.6. The highest BCUT2D eigenvalue weighted by Gasteiger charge is 2.19. The van der Waals surface area contributed by atoms with Gasteiger partial charge in [0.2, 0.25) is 0 Å². The average molecular weight is 311 g/mol. The van der Waals surface area contributed by atoms with Gasteiger partial charge in [-0.05, 0) is 48.6 Å². The lowest BCUT2D eigenvalue weighted by atomic mass is 9.98. The maximum absolute atomic E-state index is 9.35. The average Bonchev–Trinajstić information content (AvgIpc) is 2.61. The summed E-state index contributed by atoms with van der Waals surface area (Å²) >= 11 is 0. The zero-order valence-electron chi connectivity index (χ0n) is 13.5. The number of nitrogens with zero attached hydrogens (tertiary/aromatic N) is 1. The van der Waals surface area contributed by atoms with Gasteiger partial charge in [-0.2, -0.15) is 0 Å². The molecule has 2 aromatic rings. The molecule has 3 rings (SSSR count). The van der Waals surface area contributed by atoms with Crippen molar-refractivity contribution in [2.75, 3.05) is 19.7 Å².